The van der Waals surface area contributed by atoms with Gasteiger partial charge in [-0.05, 0) is 50.6 Å². The highest BCUT2D eigenvalue weighted by Crippen LogP contribution is 2.27. The molecule has 0 spiro atoms. The summed E-state index contributed by atoms with van der Waals surface area (Å²) in [6.45, 7) is 8.53. The van der Waals surface area contributed by atoms with Crippen molar-refractivity contribution < 1.29 is 18.3 Å². The summed E-state index contributed by atoms with van der Waals surface area (Å²) >= 11 is 0. The highest BCUT2D eigenvalue weighted by molar-refractivity contribution is 5.79. The molecule has 2 aliphatic heterocycles. The number of anilines is 3. The van der Waals surface area contributed by atoms with Gasteiger partial charge in [-0.15, -0.1) is 0 Å². The number of hydrogen-bond donors (Lipinski definition) is 2. The molecule has 12 heteroatoms. The molecule has 2 atom stereocenters. The number of morpholine rings is 1. The van der Waals surface area contributed by atoms with E-state index in [1.54, 1.807) is 29.2 Å². The molecule has 3 aromatic heterocycles. The third-order valence-electron chi connectivity index (χ3n) is 7.43. The van der Waals surface area contributed by atoms with Crippen LogP contribution in [0.25, 0.3) is 16.7 Å². The van der Waals surface area contributed by atoms with Gasteiger partial charge in [-0.3, -0.25) is 4.79 Å². The summed E-state index contributed by atoms with van der Waals surface area (Å²) in [6.07, 6.45) is 5.11. The maximum absolute atomic E-state index is 15.1. The lowest BCUT2D eigenvalue weighted by molar-refractivity contribution is -0.143. The standard InChI is InChI=1S/C29H32F2N8O2/c1-17-8-21(12-32-27(17)38-13-18(2)34-19(3)14-38)35-29-33-11-20-4-5-39(28(20)36-29)22-9-24(30)23(25(31)10-22)15-37-6-7-41-16-26(37)40/h4-5,8-12,18-19,34H,6-7,13-16H2,1-3H3,(H,33,35,36). The van der Waals surface area contributed by atoms with Crippen molar-refractivity contribution in [2.24, 2.45) is 0 Å². The fourth-order valence-corrected chi connectivity index (χ4v) is 5.57. The van der Waals surface area contributed by atoms with Gasteiger partial charge in [0, 0.05) is 55.1 Å². The number of aryl methyl sites for hydroxylation is 1. The predicted octanol–water partition coefficient (Wildman–Crippen LogP) is 3.69. The van der Waals surface area contributed by atoms with Gasteiger partial charge >= 0.3 is 0 Å². The van der Waals surface area contributed by atoms with E-state index in [0.717, 1.165) is 30.2 Å². The van der Waals surface area contributed by atoms with Crippen LogP contribution in [0, 0.1) is 18.6 Å². The largest absolute Gasteiger partial charge is 0.370 e. The molecule has 5 heterocycles. The number of pyridine rings is 1. The lowest BCUT2D eigenvalue weighted by Gasteiger charge is -2.37. The van der Waals surface area contributed by atoms with Crippen LogP contribution in [0.15, 0.2) is 42.9 Å². The number of rotatable bonds is 6. The monoisotopic (exact) mass is 562 g/mol. The molecule has 1 amide bonds. The zero-order chi connectivity index (χ0) is 28.7. The van der Waals surface area contributed by atoms with E-state index in [4.69, 9.17) is 9.72 Å². The number of carbonyl (C=O) groups is 1. The third-order valence-corrected chi connectivity index (χ3v) is 7.43. The first-order chi connectivity index (χ1) is 19.7. The second-order valence-electron chi connectivity index (χ2n) is 10.8. The van der Waals surface area contributed by atoms with Crippen molar-refractivity contribution in [1.29, 1.82) is 0 Å². The number of piperazine rings is 1. The van der Waals surface area contributed by atoms with E-state index in [2.05, 4.69) is 39.3 Å². The number of aromatic nitrogens is 4. The maximum atomic E-state index is 15.1. The number of nitrogens with one attached hydrogen (secondary N) is 2. The molecule has 214 valence electrons. The fourth-order valence-electron chi connectivity index (χ4n) is 5.57. The molecular formula is C29H32F2N8O2. The first-order valence-corrected chi connectivity index (χ1v) is 13.7. The van der Waals surface area contributed by atoms with Crippen molar-refractivity contribution in [2.45, 2.75) is 39.4 Å². The summed E-state index contributed by atoms with van der Waals surface area (Å²) in [5.41, 5.74) is 2.37. The minimum absolute atomic E-state index is 0.0821. The molecule has 2 aliphatic rings. The van der Waals surface area contributed by atoms with Gasteiger partial charge < -0.3 is 29.7 Å². The predicted molar refractivity (Wildman–Crippen MR) is 152 cm³/mol. The molecule has 0 bridgehead atoms. The Hall–Kier alpha value is -4.16. The molecular weight excluding hydrogens is 530 g/mol. The second-order valence-corrected chi connectivity index (χ2v) is 10.8. The van der Waals surface area contributed by atoms with E-state index >= 15 is 8.78 Å². The Bertz CT molecular complexity index is 1580. The first kappa shape index (κ1) is 27.0. The van der Waals surface area contributed by atoms with Crippen LogP contribution in [-0.2, 0) is 16.1 Å². The van der Waals surface area contributed by atoms with Gasteiger partial charge in [0.05, 0.1) is 30.7 Å². The van der Waals surface area contributed by atoms with Crippen LogP contribution in [0.1, 0.15) is 25.0 Å². The van der Waals surface area contributed by atoms with Gasteiger partial charge in [0.25, 0.3) is 0 Å². The van der Waals surface area contributed by atoms with E-state index < -0.39 is 11.6 Å². The Morgan fingerprint density at radius 1 is 1.10 bits per heavy atom. The maximum Gasteiger partial charge on any atom is 0.248 e. The van der Waals surface area contributed by atoms with Crippen molar-refractivity contribution >= 4 is 34.4 Å². The van der Waals surface area contributed by atoms with Gasteiger partial charge in [0.1, 0.15) is 29.7 Å². The van der Waals surface area contributed by atoms with E-state index in [-0.39, 0.29) is 30.3 Å². The molecule has 2 fully saturated rings. The van der Waals surface area contributed by atoms with Crippen molar-refractivity contribution in [3.63, 3.8) is 0 Å². The quantitative estimate of drug-likeness (QED) is 0.367. The molecule has 10 nitrogen and oxygen atoms in total. The molecule has 6 rings (SSSR count). The van der Waals surface area contributed by atoms with E-state index in [1.807, 2.05) is 13.0 Å². The van der Waals surface area contributed by atoms with Crippen LogP contribution in [0.5, 0.6) is 0 Å². The van der Waals surface area contributed by atoms with Crippen molar-refractivity contribution in [1.82, 2.24) is 29.7 Å². The van der Waals surface area contributed by atoms with E-state index in [9.17, 15) is 4.79 Å². The van der Waals surface area contributed by atoms with Crippen molar-refractivity contribution in [2.75, 3.05) is 43.1 Å². The van der Waals surface area contributed by atoms with Crippen molar-refractivity contribution in [3.8, 4) is 5.69 Å². The number of ether oxygens (including phenoxy) is 1. The van der Waals surface area contributed by atoms with Gasteiger partial charge in [-0.1, -0.05) is 0 Å². The highest BCUT2D eigenvalue weighted by Gasteiger charge is 2.24. The number of carbonyl (C=O) groups excluding carboxylic acids is 1. The summed E-state index contributed by atoms with van der Waals surface area (Å²) in [6, 6.07) is 7.05. The van der Waals surface area contributed by atoms with Crippen LogP contribution in [0.4, 0.5) is 26.2 Å². The summed E-state index contributed by atoms with van der Waals surface area (Å²) in [7, 11) is 0. The van der Waals surface area contributed by atoms with Gasteiger partial charge in [-0.25, -0.2) is 18.7 Å². The molecule has 2 saturated heterocycles. The summed E-state index contributed by atoms with van der Waals surface area (Å²) in [4.78, 5) is 29.5. The first-order valence-electron chi connectivity index (χ1n) is 13.7. The Balaban J connectivity index is 1.24. The van der Waals surface area contributed by atoms with Gasteiger partial charge in [0.2, 0.25) is 11.9 Å². The average Bonchev–Trinajstić information content (AvgIpc) is 3.34. The average molecular weight is 563 g/mol. The van der Waals surface area contributed by atoms with Crippen molar-refractivity contribution in [3.05, 3.63) is 65.6 Å². The third kappa shape index (κ3) is 5.57. The van der Waals surface area contributed by atoms with Gasteiger partial charge in [-0.2, -0.15) is 4.98 Å². The Morgan fingerprint density at radius 2 is 1.85 bits per heavy atom. The van der Waals surface area contributed by atoms with E-state index in [1.165, 1.54) is 17.0 Å². The van der Waals surface area contributed by atoms with Crippen LogP contribution >= 0.6 is 0 Å². The summed E-state index contributed by atoms with van der Waals surface area (Å²) in [5.74, 6) is -0.474. The zero-order valence-corrected chi connectivity index (χ0v) is 23.2. The normalized spacial score (nSPS) is 19.7. The molecule has 4 aromatic rings. The lowest BCUT2D eigenvalue weighted by atomic mass is 10.1. The molecule has 2 N–H and O–H groups in total. The molecule has 2 unspecified atom stereocenters. The van der Waals surface area contributed by atoms with E-state index in [0.29, 0.717) is 42.2 Å². The smallest absolute Gasteiger partial charge is 0.248 e. The number of halogens is 2. The number of fused-ring (bicyclic) bond motifs is 1. The van der Waals surface area contributed by atoms with Gasteiger partial charge in [0.15, 0.2) is 0 Å². The molecule has 41 heavy (non-hydrogen) atoms. The molecule has 1 aromatic carbocycles. The minimum Gasteiger partial charge on any atom is -0.370 e. The fraction of sp³-hybridized carbons (Fsp3) is 0.379. The highest BCUT2D eigenvalue weighted by atomic mass is 19.1. The summed E-state index contributed by atoms with van der Waals surface area (Å²) in [5, 5.41) is 7.46. The second kappa shape index (κ2) is 11.0. The SMILES string of the molecule is Cc1cc(Nc2ncc3ccn(-c4cc(F)c(CN5CCOCC5=O)c(F)c4)c3n2)cnc1N1CC(C)NC(C)C1. The Kier molecular flexibility index (Phi) is 7.26. The Morgan fingerprint density at radius 3 is 2.56 bits per heavy atom. The number of benzene rings is 1. The topological polar surface area (TPSA) is 100 Å². The zero-order valence-electron chi connectivity index (χ0n) is 23.2. The van der Waals surface area contributed by atoms with Crippen LogP contribution in [0.3, 0.4) is 0 Å². The van der Waals surface area contributed by atoms with Crippen LogP contribution in [0.2, 0.25) is 0 Å². The Labute approximate surface area is 236 Å². The van der Waals surface area contributed by atoms with Crippen LogP contribution < -0.4 is 15.5 Å². The molecule has 0 aliphatic carbocycles. The molecule has 0 saturated carbocycles. The number of amides is 1. The van der Waals surface area contributed by atoms with Crippen LogP contribution in [-0.4, -0.2) is 75.3 Å². The molecule has 0 radical (unpaired) electrons. The number of hydrogen-bond acceptors (Lipinski definition) is 8. The number of nitrogens with zero attached hydrogens (tertiary/aromatic N) is 6. The minimum atomic E-state index is -0.733. The lowest BCUT2D eigenvalue weighted by Crippen LogP contribution is -2.54. The summed E-state index contributed by atoms with van der Waals surface area (Å²) < 4.78 is 36.9.